The van der Waals surface area contributed by atoms with Crippen LogP contribution < -0.4 is 0 Å². The van der Waals surface area contributed by atoms with E-state index in [1.807, 2.05) is 0 Å². The highest BCUT2D eigenvalue weighted by Crippen LogP contribution is 2.30. The number of allylic oxidation sites excluding steroid dienone is 1. The lowest BCUT2D eigenvalue weighted by Gasteiger charge is -2.31. The molecular formula is C10H16O. The SMILES string of the molecule is CC1C=C2CCCOC2CC1. The van der Waals surface area contributed by atoms with Crippen LogP contribution in [-0.2, 0) is 4.74 Å². The Bertz CT molecular complexity index is 172. The third-order valence-electron chi connectivity index (χ3n) is 2.73. The van der Waals surface area contributed by atoms with Crippen LogP contribution in [0.3, 0.4) is 0 Å². The van der Waals surface area contributed by atoms with Gasteiger partial charge in [-0.15, -0.1) is 0 Å². The number of hydrogen-bond donors (Lipinski definition) is 0. The van der Waals surface area contributed by atoms with Crippen LogP contribution in [0.4, 0.5) is 0 Å². The molecular weight excluding hydrogens is 136 g/mol. The van der Waals surface area contributed by atoms with Gasteiger partial charge in [0.1, 0.15) is 0 Å². The molecule has 1 heteroatoms. The van der Waals surface area contributed by atoms with Crippen LogP contribution in [0.15, 0.2) is 11.6 Å². The molecule has 0 radical (unpaired) electrons. The fourth-order valence-corrected chi connectivity index (χ4v) is 2.09. The number of ether oxygens (including phenoxy) is 1. The zero-order chi connectivity index (χ0) is 7.68. The van der Waals surface area contributed by atoms with E-state index < -0.39 is 0 Å². The zero-order valence-electron chi connectivity index (χ0n) is 7.18. The van der Waals surface area contributed by atoms with E-state index in [0.717, 1.165) is 12.5 Å². The van der Waals surface area contributed by atoms with Crippen molar-refractivity contribution in [2.24, 2.45) is 5.92 Å². The quantitative estimate of drug-likeness (QED) is 0.485. The first-order valence-corrected chi connectivity index (χ1v) is 4.68. The fraction of sp³-hybridized carbons (Fsp3) is 0.800. The minimum absolute atomic E-state index is 0.500. The Morgan fingerprint density at radius 2 is 2.36 bits per heavy atom. The first-order valence-electron chi connectivity index (χ1n) is 4.68. The first-order chi connectivity index (χ1) is 5.36. The lowest BCUT2D eigenvalue weighted by atomic mass is 9.86. The number of rotatable bonds is 0. The van der Waals surface area contributed by atoms with E-state index in [9.17, 15) is 0 Å². The summed E-state index contributed by atoms with van der Waals surface area (Å²) in [5.41, 5.74) is 1.58. The smallest absolute Gasteiger partial charge is 0.0785 e. The van der Waals surface area contributed by atoms with Gasteiger partial charge in [0.05, 0.1) is 6.10 Å². The Kier molecular flexibility index (Phi) is 1.99. The number of fused-ring (bicyclic) bond motifs is 1. The molecule has 1 nitrogen and oxygen atoms in total. The van der Waals surface area contributed by atoms with Crippen molar-refractivity contribution in [1.82, 2.24) is 0 Å². The molecule has 2 aliphatic rings. The summed E-state index contributed by atoms with van der Waals surface area (Å²) in [5.74, 6) is 0.794. The summed E-state index contributed by atoms with van der Waals surface area (Å²) in [6.45, 7) is 3.29. The minimum Gasteiger partial charge on any atom is -0.374 e. The van der Waals surface area contributed by atoms with E-state index in [4.69, 9.17) is 4.74 Å². The Hall–Kier alpha value is -0.300. The van der Waals surface area contributed by atoms with Crippen molar-refractivity contribution < 1.29 is 4.74 Å². The van der Waals surface area contributed by atoms with Crippen molar-refractivity contribution in [1.29, 1.82) is 0 Å². The van der Waals surface area contributed by atoms with Gasteiger partial charge in [-0.3, -0.25) is 0 Å². The second-order valence-corrected chi connectivity index (χ2v) is 3.76. The molecule has 0 spiro atoms. The van der Waals surface area contributed by atoms with E-state index in [2.05, 4.69) is 13.0 Å². The van der Waals surface area contributed by atoms with Crippen LogP contribution in [0.5, 0.6) is 0 Å². The highest BCUT2D eigenvalue weighted by Gasteiger charge is 2.23. The average molecular weight is 152 g/mol. The molecule has 0 aromatic rings. The molecule has 1 aliphatic heterocycles. The van der Waals surface area contributed by atoms with Crippen LogP contribution in [0, 0.1) is 5.92 Å². The molecule has 0 bridgehead atoms. The van der Waals surface area contributed by atoms with Crippen molar-refractivity contribution in [2.75, 3.05) is 6.61 Å². The Morgan fingerprint density at radius 3 is 3.27 bits per heavy atom. The van der Waals surface area contributed by atoms with Crippen LogP contribution in [0.1, 0.15) is 32.6 Å². The third kappa shape index (κ3) is 1.48. The van der Waals surface area contributed by atoms with Crippen LogP contribution >= 0.6 is 0 Å². The van der Waals surface area contributed by atoms with Gasteiger partial charge in [-0.05, 0) is 37.2 Å². The summed E-state index contributed by atoms with van der Waals surface area (Å²) in [7, 11) is 0. The van der Waals surface area contributed by atoms with Crippen molar-refractivity contribution in [2.45, 2.75) is 38.7 Å². The molecule has 2 rings (SSSR count). The molecule has 2 unspecified atom stereocenters. The molecule has 2 atom stereocenters. The molecule has 62 valence electrons. The van der Waals surface area contributed by atoms with Gasteiger partial charge in [-0.1, -0.05) is 13.0 Å². The van der Waals surface area contributed by atoms with Gasteiger partial charge >= 0.3 is 0 Å². The zero-order valence-corrected chi connectivity index (χ0v) is 7.18. The lowest BCUT2D eigenvalue weighted by Crippen LogP contribution is -2.26. The molecule has 0 aromatic carbocycles. The van der Waals surface area contributed by atoms with Crippen LogP contribution in [0.25, 0.3) is 0 Å². The van der Waals surface area contributed by atoms with Crippen molar-refractivity contribution in [3.8, 4) is 0 Å². The van der Waals surface area contributed by atoms with Crippen molar-refractivity contribution >= 4 is 0 Å². The maximum atomic E-state index is 5.66. The van der Waals surface area contributed by atoms with Gasteiger partial charge in [0.2, 0.25) is 0 Å². The summed E-state index contributed by atoms with van der Waals surface area (Å²) in [4.78, 5) is 0. The van der Waals surface area contributed by atoms with Gasteiger partial charge in [-0.2, -0.15) is 0 Å². The molecule has 1 heterocycles. The van der Waals surface area contributed by atoms with Crippen molar-refractivity contribution in [3.63, 3.8) is 0 Å². The summed E-state index contributed by atoms with van der Waals surface area (Å²) in [5, 5.41) is 0. The van der Waals surface area contributed by atoms with E-state index in [-0.39, 0.29) is 0 Å². The van der Waals surface area contributed by atoms with E-state index in [0.29, 0.717) is 6.10 Å². The topological polar surface area (TPSA) is 9.23 Å². The molecule has 0 amide bonds. The predicted octanol–water partition coefficient (Wildman–Crippen LogP) is 2.52. The average Bonchev–Trinajstić information content (AvgIpc) is 2.04. The van der Waals surface area contributed by atoms with E-state index in [1.165, 1.54) is 25.7 Å². The Balaban J connectivity index is 2.10. The largest absolute Gasteiger partial charge is 0.374 e. The third-order valence-corrected chi connectivity index (χ3v) is 2.73. The summed E-state index contributed by atoms with van der Waals surface area (Å²) in [6, 6.07) is 0. The van der Waals surface area contributed by atoms with E-state index >= 15 is 0 Å². The highest BCUT2D eigenvalue weighted by molar-refractivity contribution is 5.14. The number of hydrogen-bond acceptors (Lipinski definition) is 1. The molecule has 11 heavy (non-hydrogen) atoms. The maximum absolute atomic E-state index is 5.66. The van der Waals surface area contributed by atoms with Gasteiger partial charge in [-0.25, -0.2) is 0 Å². The second-order valence-electron chi connectivity index (χ2n) is 3.76. The van der Waals surface area contributed by atoms with Crippen LogP contribution in [-0.4, -0.2) is 12.7 Å². The normalized spacial score (nSPS) is 37.7. The van der Waals surface area contributed by atoms with Gasteiger partial charge in [0.25, 0.3) is 0 Å². The van der Waals surface area contributed by atoms with Gasteiger partial charge in [0, 0.05) is 6.61 Å². The Labute approximate surface area is 68.4 Å². The van der Waals surface area contributed by atoms with Gasteiger partial charge < -0.3 is 4.74 Å². The fourth-order valence-electron chi connectivity index (χ4n) is 2.09. The molecule has 0 N–H and O–H groups in total. The summed E-state index contributed by atoms with van der Waals surface area (Å²) in [6.07, 6.45) is 8.01. The monoisotopic (exact) mass is 152 g/mol. The minimum atomic E-state index is 0.500. The lowest BCUT2D eigenvalue weighted by molar-refractivity contribution is 0.0395. The molecule has 0 aromatic heterocycles. The molecule has 1 saturated heterocycles. The maximum Gasteiger partial charge on any atom is 0.0785 e. The van der Waals surface area contributed by atoms with Gasteiger partial charge in [0.15, 0.2) is 0 Å². The van der Waals surface area contributed by atoms with E-state index in [1.54, 1.807) is 5.57 Å². The standard InChI is InChI=1S/C10H16O/c1-8-4-5-10-9(7-8)3-2-6-11-10/h7-8,10H,2-6H2,1H3. The second kappa shape index (κ2) is 2.98. The predicted molar refractivity (Wildman–Crippen MR) is 45.5 cm³/mol. The Morgan fingerprint density at radius 1 is 1.45 bits per heavy atom. The highest BCUT2D eigenvalue weighted by atomic mass is 16.5. The first kappa shape index (κ1) is 7.35. The van der Waals surface area contributed by atoms with Crippen LogP contribution in [0.2, 0.25) is 0 Å². The summed E-state index contributed by atoms with van der Waals surface area (Å²) >= 11 is 0. The molecule has 1 aliphatic carbocycles. The van der Waals surface area contributed by atoms with Crippen molar-refractivity contribution in [3.05, 3.63) is 11.6 Å². The molecule has 1 fully saturated rings. The summed E-state index contributed by atoms with van der Waals surface area (Å²) < 4.78 is 5.66. The molecule has 0 saturated carbocycles.